The van der Waals surface area contributed by atoms with Crippen LogP contribution in [0.1, 0.15) is 30.5 Å². The Bertz CT molecular complexity index is 303. The topological polar surface area (TPSA) is 42.1 Å². The molecule has 0 saturated heterocycles. The van der Waals surface area contributed by atoms with Gasteiger partial charge in [-0.05, 0) is 31.5 Å². The molecule has 1 heterocycles. The predicted octanol–water partition coefficient (Wildman–Crippen LogP) is 1.52. The van der Waals surface area contributed by atoms with E-state index in [1.165, 1.54) is 19.3 Å². The first-order chi connectivity index (χ1) is 7.29. The number of nitrogens with two attached hydrogens (primary N) is 1. The van der Waals surface area contributed by atoms with Gasteiger partial charge in [-0.15, -0.1) is 0 Å². The molecule has 0 aliphatic heterocycles. The first kappa shape index (κ1) is 10.6. The van der Waals surface area contributed by atoms with Crippen LogP contribution >= 0.6 is 0 Å². The Hall–Kier alpha value is -0.930. The van der Waals surface area contributed by atoms with Crippen LogP contribution in [0.15, 0.2) is 18.3 Å². The van der Waals surface area contributed by atoms with Crippen LogP contribution in [-0.2, 0) is 13.1 Å². The van der Waals surface area contributed by atoms with Crippen LogP contribution < -0.4 is 5.73 Å². The van der Waals surface area contributed by atoms with Gasteiger partial charge in [-0.25, -0.2) is 0 Å². The molecule has 2 N–H and O–H groups in total. The van der Waals surface area contributed by atoms with Crippen LogP contribution in [0.4, 0.5) is 0 Å². The van der Waals surface area contributed by atoms with Crippen molar-refractivity contribution in [2.75, 3.05) is 7.05 Å². The molecule has 0 aromatic carbocycles. The largest absolute Gasteiger partial charge is 0.326 e. The van der Waals surface area contributed by atoms with E-state index in [0.717, 1.165) is 23.8 Å². The molecule has 1 saturated carbocycles. The van der Waals surface area contributed by atoms with Crippen molar-refractivity contribution in [1.82, 2.24) is 9.88 Å². The highest BCUT2D eigenvalue weighted by Crippen LogP contribution is 2.24. The predicted molar refractivity (Wildman–Crippen MR) is 61.2 cm³/mol. The molecule has 0 atom stereocenters. The smallest absolute Gasteiger partial charge is 0.0544 e. The summed E-state index contributed by atoms with van der Waals surface area (Å²) in [4.78, 5) is 6.81. The first-order valence-corrected chi connectivity index (χ1v) is 5.63. The quantitative estimate of drug-likeness (QED) is 0.810. The van der Waals surface area contributed by atoms with Crippen molar-refractivity contribution in [3.05, 3.63) is 29.6 Å². The highest BCUT2D eigenvalue weighted by molar-refractivity contribution is 5.13. The molecule has 1 fully saturated rings. The Kier molecular flexibility index (Phi) is 3.34. The molecule has 0 amide bonds. The van der Waals surface area contributed by atoms with Crippen molar-refractivity contribution in [1.29, 1.82) is 0 Å². The zero-order valence-electron chi connectivity index (χ0n) is 9.32. The van der Waals surface area contributed by atoms with Crippen LogP contribution in [0, 0.1) is 0 Å². The summed E-state index contributed by atoms with van der Waals surface area (Å²) < 4.78 is 0. The lowest BCUT2D eigenvalue weighted by Crippen LogP contribution is -2.36. The third-order valence-electron chi connectivity index (χ3n) is 3.23. The Morgan fingerprint density at radius 3 is 2.73 bits per heavy atom. The van der Waals surface area contributed by atoms with Gasteiger partial charge >= 0.3 is 0 Å². The minimum Gasteiger partial charge on any atom is -0.326 e. The van der Waals surface area contributed by atoms with E-state index in [4.69, 9.17) is 5.73 Å². The Morgan fingerprint density at radius 2 is 2.27 bits per heavy atom. The maximum Gasteiger partial charge on any atom is 0.0544 e. The summed E-state index contributed by atoms with van der Waals surface area (Å²) in [6.45, 7) is 1.53. The van der Waals surface area contributed by atoms with Crippen molar-refractivity contribution >= 4 is 0 Å². The third-order valence-corrected chi connectivity index (χ3v) is 3.23. The second kappa shape index (κ2) is 4.73. The number of aromatic nitrogens is 1. The van der Waals surface area contributed by atoms with Crippen LogP contribution in [0.3, 0.4) is 0 Å². The van der Waals surface area contributed by atoms with Crippen LogP contribution in [0.2, 0.25) is 0 Å². The maximum absolute atomic E-state index is 5.53. The zero-order chi connectivity index (χ0) is 10.7. The normalized spacial score (nSPS) is 16.7. The zero-order valence-corrected chi connectivity index (χ0v) is 9.32. The number of rotatable bonds is 4. The lowest BCUT2D eigenvalue weighted by Gasteiger charge is -2.34. The molecule has 0 bridgehead atoms. The Balaban J connectivity index is 1.91. The standard InChI is InChI=1S/C12H19N3/c1-15(12-3-2-4-12)9-11-6-5-10(7-13)8-14-11/h5-6,8,12H,2-4,7,9,13H2,1H3. The average Bonchev–Trinajstić information content (AvgIpc) is 2.16. The summed E-state index contributed by atoms with van der Waals surface area (Å²) in [7, 11) is 2.18. The van der Waals surface area contributed by atoms with E-state index in [2.05, 4.69) is 29.1 Å². The fraction of sp³-hybridized carbons (Fsp3) is 0.583. The van der Waals surface area contributed by atoms with Crippen molar-refractivity contribution < 1.29 is 0 Å². The summed E-state index contributed by atoms with van der Waals surface area (Å²) in [6, 6.07) is 4.93. The molecule has 1 aromatic heterocycles. The molecule has 82 valence electrons. The lowest BCUT2D eigenvalue weighted by molar-refractivity contribution is 0.151. The summed E-state index contributed by atoms with van der Waals surface area (Å²) in [5, 5.41) is 0. The molecule has 1 aliphatic rings. The van der Waals surface area contributed by atoms with Crippen molar-refractivity contribution in [2.45, 2.75) is 38.4 Å². The SMILES string of the molecule is CN(Cc1ccc(CN)cn1)C1CCC1. The minimum absolute atomic E-state index is 0.575. The second-order valence-electron chi connectivity index (χ2n) is 4.36. The van der Waals surface area contributed by atoms with Crippen molar-refractivity contribution in [3.63, 3.8) is 0 Å². The van der Waals surface area contributed by atoms with E-state index in [0.29, 0.717) is 6.54 Å². The number of hydrogen-bond donors (Lipinski definition) is 1. The fourth-order valence-electron chi connectivity index (χ4n) is 1.88. The Morgan fingerprint density at radius 1 is 1.47 bits per heavy atom. The second-order valence-corrected chi connectivity index (χ2v) is 4.36. The van der Waals surface area contributed by atoms with Gasteiger partial charge in [-0.1, -0.05) is 12.5 Å². The summed E-state index contributed by atoms with van der Waals surface area (Å²) in [5.41, 5.74) is 7.77. The van der Waals surface area contributed by atoms with E-state index < -0.39 is 0 Å². The maximum atomic E-state index is 5.53. The molecule has 1 aromatic rings. The molecule has 3 nitrogen and oxygen atoms in total. The monoisotopic (exact) mass is 205 g/mol. The number of nitrogens with zero attached hydrogens (tertiary/aromatic N) is 2. The lowest BCUT2D eigenvalue weighted by atomic mass is 9.92. The number of hydrogen-bond acceptors (Lipinski definition) is 3. The molecule has 2 rings (SSSR count). The summed E-state index contributed by atoms with van der Waals surface area (Å²) >= 11 is 0. The van der Waals surface area contributed by atoms with E-state index in [-0.39, 0.29) is 0 Å². The molecular formula is C12H19N3. The first-order valence-electron chi connectivity index (χ1n) is 5.63. The molecule has 15 heavy (non-hydrogen) atoms. The number of pyridine rings is 1. The van der Waals surface area contributed by atoms with Crippen LogP contribution in [0.25, 0.3) is 0 Å². The van der Waals surface area contributed by atoms with Crippen LogP contribution in [-0.4, -0.2) is 23.0 Å². The van der Waals surface area contributed by atoms with E-state index >= 15 is 0 Å². The molecule has 0 spiro atoms. The third kappa shape index (κ3) is 2.55. The highest BCUT2D eigenvalue weighted by atomic mass is 15.1. The van der Waals surface area contributed by atoms with Gasteiger partial charge in [0, 0.05) is 25.3 Å². The Labute approximate surface area is 91.3 Å². The van der Waals surface area contributed by atoms with Gasteiger partial charge in [0.2, 0.25) is 0 Å². The van der Waals surface area contributed by atoms with Gasteiger partial charge in [0.1, 0.15) is 0 Å². The van der Waals surface area contributed by atoms with Gasteiger partial charge in [0.05, 0.1) is 5.69 Å². The molecular weight excluding hydrogens is 186 g/mol. The molecule has 0 radical (unpaired) electrons. The molecule has 0 unspecified atom stereocenters. The molecule has 3 heteroatoms. The van der Waals surface area contributed by atoms with Crippen LogP contribution in [0.5, 0.6) is 0 Å². The molecule has 1 aliphatic carbocycles. The minimum atomic E-state index is 0.575. The van der Waals surface area contributed by atoms with Gasteiger partial charge in [0.15, 0.2) is 0 Å². The van der Waals surface area contributed by atoms with E-state index in [9.17, 15) is 0 Å². The fourth-order valence-corrected chi connectivity index (χ4v) is 1.88. The van der Waals surface area contributed by atoms with Gasteiger partial charge < -0.3 is 5.73 Å². The summed E-state index contributed by atoms with van der Waals surface area (Å²) in [5.74, 6) is 0. The van der Waals surface area contributed by atoms with E-state index in [1.54, 1.807) is 0 Å². The summed E-state index contributed by atoms with van der Waals surface area (Å²) in [6.07, 6.45) is 5.95. The van der Waals surface area contributed by atoms with Gasteiger partial charge in [-0.3, -0.25) is 9.88 Å². The van der Waals surface area contributed by atoms with Gasteiger partial charge in [0.25, 0.3) is 0 Å². The average molecular weight is 205 g/mol. The highest BCUT2D eigenvalue weighted by Gasteiger charge is 2.21. The van der Waals surface area contributed by atoms with Gasteiger partial charge in [-0.2, -0.15) is 0 Å². The van der Waals surface area contributed by atoms with Crippen molar-refractivity contribution in [2.24, 2.45) is 5.73 Å². The van der Waals surface area contributed by atoms with E-state index in [1.807, 2.05) is 6.20 Å². The van der Waals surface area contributed by atoms with Crippen molar-refractivity contribution in [3.8, 4) is 0 Å².